The van der Waals surface area contributed by atoms with E-state index in [-0.39, 0.29) is 5.41 Å². The number of benzene rings is 1. The van der Waals surface area contributed by atoms with E-state index in [1.807, 2.05) is 30.3 Å². The second-order valence-electron chi connectivity index (χ2n) is 4.34. The molecule has 0 saturated heterocycles. The summed E-state index contributed by atoms with van der Waals surface area (Å²) in [6.07, 6.45) is 4.07. The minimum Gasteiger partial charge on any atom is -0.472 e. The van der Waals surface area contributed by atoms with E-state index >= 15 is 0 Å². The summed E-state index contributed by atoms with van der Waals surface area (Å²) in [5.41, 5.74) is 1.68. The summed E-state index contributed by atoms with van der Waals surface area (Å²) in [7, 11) is 0. The van der Waals surface area contributed by atoms with Gasteiger partial charge in [0.05, 0.1) is 12.5 Å². The van der Waals surface area contributed by atoms with Gasteiger partial charge in [-0.05, 0) is 29.7 Å². The van der Waals surface area contributed by atoms with Gasteiger partial charge in [-0.25, -0.2) is 0 Å². The predicted molar refractivity (Wildman–Crippen MR) is 77.0 cm³/mol. The fourth-order valence-electron chi connectivity index (χ4n) is 2.04. The molecule has 0 aliphatic carbocycles. The molecule has 1 aromatic heterocycles. The second-order valence-corrected chi connectivity index (χ2v) is 5.28. The number of hydrogen-bond acceptors (Lipinski definition) is 1. The average Bonchev–Trinajstić information content (AvgIpc) is 2.90. The van der Waals surface area contributed by atoms with Gasteiger partial charge in [0.25, 0.3) is 0 Å². The lowest BCUT2D eigenvalue weighted by Gasteiger charge is -2.30. The molecule has 4 heteroatoms. The van der Waals surface area contributed by atoms with Gasteiger partial charge in [-0.1, -0.05) is 29.8 Å². The van der Waals surface area contributed by atoms with Crippen molar-refractivity contribution in [1.29, 1.82) is 0 Å². The van der Waals surface area contributed by atoms with Crippen molar-refractivity contribution >= 4 is 34.8 Å². The minimum atomic E-state index is -0.370. The largest absolute Gasteiger partial charge is 0.472 e. The molecule has 0 aliphatic rings. The van der Waals surface area contributed by atoms with Gasteiger partial charge in [-0.3, -0.25) is 0 Å². The Labute approximate surface area is 122 Å². The van der Waals surface area contributed by atoms with Crippen LogP contribution >= 0.6 is 34.8 Å². The lowest BCUT2D eigenvalue weighted by molar-refractivity contribution is 0.522. The fraction of sp³-hybridized carbons (Fsp3) is 0.286. The summed E-state index contributed by atoms with van der Waals surface area (Å²) in [4.78, 5) is 0. The van der Waals surface area contributed by atoms with Crippen LogP contribution in [-0.4, -0.2) is 11.8 Å². The Morgan fingerprint density at radius 2 is 1.78 bits per heavy atom. The number of hydrogen-bond donors (Lipinski definition) is 0. The maximum Gasteiger partial charge on any atom is 0.0934 e. The number of furan rings is 1. The Bertz CT molecular complexity index is 490. The van der Waals surface area contributed by atoms with E-state index in [4.69, 9.17) is 39.2 Å². The molecular weight excluding hydrogens is 291 g/mol. The van der Waals surface area contributed by atoms with Crippen LogP contribution in [0.3, 0.4) is 0 Å². The van der Waals surface area contributed by atoms with Crippen LogP contribution < -0.4 is 0 Å². The van der Waals surface area contributed by atoms with Crippen LogP contribution in [0.2, 0.25) is 5.02 Å². The summed E-state index contributed by atoms with van der Waals surface area (Å²) in [6, 6.07) is 9.61. The van der Waals surface area contributed by atoms with Gasteiger partial charge in [0, 0.05) is 22.2 Å². The minimum absolute atomic E-state index is 0.370. The van der Waals surface area contributed by atoms with Crippen molar-refractivity contribution in [1.82, 2.24) is 0 Å². The quantitative estimate of drug-likeness (QED) is 0.717. The van der Waals surface area contributed by atoms with E-state index in [0.29, 0.717) is 23.2 Å². The van der Waals surface area contributed by atoms with Crippen molar-refractivity contribution in [3.63, 3.8) is 0 Å². The highest BCUT2D eigenvalue weighted by Gasteiger charge is 2.33. The van der Waals surface area contributed by atoms with Crippen molar-refractivity contribution in [2.24, 2.45) is 0 Å². The van der Waals surface area contributed by atoms with E-state index < -0.39 is 0 Å². The molecule has 0 radical (unpaired) electrons. The monoisotopic (exact) mass is 302 g/mol. The van der Waals surface area contributed by atoms with E-state index in [2.05, 4.69) is 0 Å². The van der Waals surface area contributed by atoms with Gasteiger partial charge in [-0.2, -0.15) is 0 Å². The van der Waals surface area contributed by atoms with E-state index in [1.165, 1.54) is 0 Å². The molecule has 2 aromatic rings. The smallest absolute Gasteiger partial charge is 0.0934 e. The van der Waals surface area contributed by atoms with E-state index in [0.717, 1.165) is 11.1 Å². The average molecular weight is 304 g/mol. The van der Waals surface area contributed by atoms with Crippen molar-refractivity contribution in [2.75, 3.05) is 11.8 Å². The molecule has 1 heterocycles. The second kappa shape index (κ2) is 6.01. The Morgan fingerprint density at radius 1 is 1.06 bits per heavy atom. The number of halogens is 3. The highest BCUT2D eigenvalue weighted by atomic mass is 35.5. The zero-order chi connectivity index (χ0) is 13.0. The van der Waals surface area contributed by atoms with Gasteiger partial charge in [0.15, 0.2) is 0 Å². The van der Waals surface area contributed by atoms with Crippen LogP contribution in [0, 0.1) is 0 Å². The first-order valence-corrected chi connectivity index (χ1v) is 7.04. The molecular formula is C14H13Cl3O. The Hall–Kier alpha value is -0.630. The zero-order valence-electron chi connectivity index (χ0n) is 9.70. The molecule has 0 atom stereocenters. The van der Waals surface area contributed by atoms with Gasteiger partial charge in [-0.15, -0.1) is 23.2 Å². The summed E-state index contributed by atoms with van der Waals surface area (Å²) in [6.45, 7) is 0. The van der Waals surface area contributed by atoms with Crippen LogP contribution in [0.1, 0.15) is 11.1 Å². The molecule has 0 unspecified atom stereocenters. The van der Waals surface area contributed by atoms with Gasteiger partial charge in [0.1, 0.15) is 0 Å². The molecule has 96 valence electrons. The van der Waals surface area contributed by atoms with Crippen molar-refractivity contribution in [2.45, 2.75) is 11.8 Å². The number of rotatable bonds is 5. The van der Waals surface area contributed by atoms with Crippen molar-refractivity contribution in [3.8, 4) is 0 Å². The SMILES string of the molecule is ClCC(CCl)(Cc1ccoc1)c1ccccc1Cl. The normalized spacial score (nSPS) is 11.7. The zero-order valence-corrected chi connectivity index (χ0v) is 12.0. The Morgan fingerprint density at radius 3 is 2.33 bits per heavy atom. The molecule has 1 aromatic carbocycles. The van der Waals surface area contributed by atoms with Crippen molar-refractivity contribution < 1.29 is 4.42 Å². The summed E-state index contributed by atoms with van der Waals surface area (Å²) < 4.78 is 5.10. The highest BCUT2D eigenvalue weighted by Crippen LogP contribution is 2.36. The van der Waals surface area contributed by atoms with Gasteiger partial charge >= 0.3 is 0 Å². The summed E-state index contributed by atoms with van der Waals surface area (Å²) in [5.74, 6) is 0.816. The van der Waals surface area contributed by atoms with Crippen LogP contribution in [0.15, 0.2) is 47.3 Å². The third-order valence-electron chi connectivity index (χ3n) is 3.08. The molecule has 18 heavy (non-hydrogen) atoms. The van der Waals surface area contributed by atoms with Crippen LogP contribution in [0.4, 0.5) is 0 Å². The first kappa shape index (κ1) is 13.8. The lowest BCUT2D eigenvalue weighted by Crippen LogP contribution is -2.33. The maximum atomic E-state index is 6.27. The van der Waals surface area contributed by atoms with Crippen molar-refractivity contribution in [3.05, 3.63) is 59.0 Å². The standard InChI is InChI=1S/C14H13Cl3O/c15-9-14(10-16,7-11-5-6-18-8-11)12-3-1-2-4-13(12)17/h1-6,8H,7,9-10H2. The first-order chi connectivity index (χ1) is 8.72. The van der Waals surface area contributed by atoms with Crippen LogP contribution in [0.25, 0.3) is 0 Å². The maximum absolute atomic E-state index is 6.27. The molecule has 0 aliphatic heterocycles. The predicted octanol–water partition coefficient (Wildman–Crippen LogP) is 4.89. The fourth-order valence-corrected chi connectivity index (χ4v) is 3.14. The molecule has 0 fully saturated rings. The molecule has 1 nitrogen and oxygen atoms in total. The summed E-state index contributed by atoms with van der Waals surface area (Å²) >= 11 is 18.6. The molecule has 0 spiro atoms. The lowest BCUT2D eigenvalue weighted by atomic mass is 9.79. The van der Waals surface area contributed by atoms with E-state index in [1.54, 1.807) is 12.5 Å². The molecule has 0 bridgehead atoms. The topological polar surface area (TPSA) is 13.1 Å². The van der Waals surface area contributed by atoms with Crippen LogP contribution in [0.5, 0.6) is 0 Å². The first-order valence-electron chi connectivity index (χ1n) is 5.60. The third-order valence-corrected chi connectivity index (χ3v) is 4.43. The van der Waals surface area contributed by atoms with Gasteiger partial charge < -0.3 is 4.42 Å². The molecule has 0 amide bonds. The van der Waals surface area contributed by atoms with Gasteiger partial charge in [0.2, 0.25) is 0 Å². The molecule has 2 rings (SSSR count). The highest BCUT2D eigenvalue weighted by molar-refractivity contribution is 6.32. The van der Waals surface area contributed by atoms with Crippen LogP contribution in [-0.2, 0) is 11.8 Å². The number of alkyl halides is 2. The summed E-state index contributed by atoms with van der Waals surface area (Å²) in [5, 5.41) is 0.697. The Kier molecular flexibility index (Phi) is 4.60. The molecule has 0 saturated carbocycles. The third kappa shape index (κ3) is 2.69. The van der Waals surface area contributed by atoms with E-state index in [9.17, 15) is 0 Å². The Balaban J connectivity index is 2.40. The molecule has 0 N–H and O–H groups in total.